The van der Waals surface area contributed by atoms with Crippen LogP contribution in [0.15, 0.2) is 24.7 Å². The Hall–Kier alpha value is -3.38. The lowest BCUT2D eigenvalue weighted by molar-refractivity contribution is -0.145. The number of rotatable bonds is 2. The fourth-order valence-electron chi connectivity index (χ4n) is 3.92. The molecule has 0 aromatic carbocycles. The minimum Gasteiger partial charge on any atom is -0.383 e. The molecule has 1 atom stereocenters. The largest absolute Gasteiger partial charge is 0.451 e. The van der Waals surface area contributed by atoms with E-state index in [1.54, 1.807) is 6.07 Å². The summed E-state index contributed by atoms with van der Waals surface area (Å²) in [6.07, 6.45) is -1.03. The molecule has 166 valence electrons. The van der Waals surface area contributed by atoms with Gasteiger partial charge >= 0.3 is 6.18 Å². The van der Waals surface area contributed by atoms with Crippen LogP contribution < -0.4 is 5.73 Å². The number of amides is 1. The molecule has 12 heteroatoms. The van der Waals surface area contributed by atoms with E-state index < -0.39 is 18.0 Å². The Morgan fingerprint density at radius 1 is 1.09 bits per heavy atom. The predicted molar refractivity (Wildman–Crippen MR) is 104 cm³/mol. The fourth-order valence-corrected chi connectivity index (χ4v) is 3.92. The van der Waals surface area contributed by atoms with E-state index in [1.807, 2.05) is 0 Å². The van der Waals surface area contributed by atoms with Gasteiger partial charge in [0, 0.05) is 35.5 Å². The Balaban J connectivity index is 1.48. The second kappa shape index (κ2) is 7.64. The molecular weight excluding hydrogens is 429 g/mol. The molecule has 1 saturated heterocycles. The van der Waals surface area contributed by atoms with E-state index in [1.165, 1.54) is 11.1 Å². The van der Waals surface area contributed by atoms with Crippen LogP contribution in [-0.2, 0) is 28.9 Å². The molecular formula is C20H17F3N6O3. The van der Waals surface area contributed by atoms with E-state index in [0.29, 0.717) is 36.7 Å². The molecule has 3 aromatic heterocycles. The molecule has 2 aliphatic heterocycles. The molecule has 0 radical (unpaired) electrons. The summed E-state index contributed by atoms with van der Waals surface area (Å²) in [5, 5.41) is 0.729. The standard InChI is InChI=1S/C20H17F3N6O3/c21-20(22,23)19-26-4-10(5-27-19)16-9-31-2-1-29(16)18(30)14-3-11-12-7-32-8-13(12)17(24)28-15(11)6-25-14/h3-6,16H,1-2,7-9H2,(H2,24,28)/t16-/m0/s1. The van der Waals surface area contributed by atoms with E-state index in [9.17, 15) is 18.0 Å². The highest BCUT2D eigenvalue weighted by Gasteiger charge is 2.36. The predicted octanol–water partition coefficient (Wildman–Crippen LogP) is 2.26. The summed E-state index contributed by atoms with van der Waals surface area (Å²) in [5.41, 5.74) is 8.73. The summed E-state index contributed by atoms with van der Waals surface area (Å²) < 4.78 is 49.3. The van der Waals surface area contributed by atoms with Crippen LogP contribution in [0.25, 0.3) is 10.9 Å². The van der Waals surface area contributed by atoms with Gasteiger partial charge < -0.3 is 20.1 Å². The number of fused-ring (bicyclic) bond motifs is 3. The number of nitrogens with zero attached hydrogens (tertiary/aromatic N) is 5. The Kier molecular flexibility index (Phi) is 4.90. The smallest absolute Gasteiger partial charge is 0.383 e. The lowest BCUT2D eigenvalue weighted by Crippen LogP contribution is -2.43. The fraction of sp³-hybridized carbons (Fsp3) is 0.350. The molecule has 2 aliphatic rings. The van der Waals surface area contributed by atoms with Crippen LogP contribution in [0.4, 0.5) is 19.0 Å². The number of hydrogen-bond donors (Lipinski definition) is 1. The topological polar surface area (TPSA) is 116 Å². The molecule has 5 heterocycles. The first-order valence-electron chi connectivity index (χ1n) is 9.75. The third kappa shape index (κ3) is 3.50. The first-order chi connectivity index (χ1) is 15.3. The average Bonchev–Trinajstić information content (AvgIpc) is 3.29. The maximum atomic E-state index is 13.3. The number of nitrogens with two attached hydrogens (primary N) is 1. The quantitative estimate of drug-likeness (QED) is 0.637. The Morgan fingerprint density at radius 3 is 2.59 bits per heavy atom. The number of hydrogen-bond acceptors (Lipinski definition) is 8. The molecule has 0 spiro atoms. The SMILES string of the molecule is Nc1nc2cnc(C(=O)N3CCOC[C@H]3c3cnc(C(F)(F)F)nc3)cc2c2c1COC2. The zero-order valence-corrected chi connectivity index (χ0v) is 16.6. The van der Waals surface area contributed by atoms with Crippen LogP contribution >= 0.6 is 0 Å². The third-order valence-electron chi connectivity index (χ3n) is 5.53. The van der Waals surface area contributed by atoms with Gasteiger partial charge in [0.25, 0.3) is 5.91 Å². The van der Waals surface area contributed by atoms with Crippen molar-refractivity contribution in [1.29, 1.82) is 0 Å². The van der Waals surface area contributed by atoms with Gasteiger partial charge in [-0.15, -0.1) is 0 Å². The van der Waals surface area contributed by atoms with Gasteiger partial charge in [-0.05, 0) is 11.6 Å². The monoisotopic (exact) mass is 446 g/mol. The number of carbonyl (C=O) groups excluding carboxylic acids is 1. The molecule has 9 nitrogen and oxygen atoms in total. The summed E-state index contributed by atoms with van der Waals surface area (Å²) in [4.78, 5) is 30.2. The maximum absolute atomic E-state index is 13.3. The first-order valence-corrected chi connectivity index (χ1v) is 9.75. The summed E-state index contributed by atoms with van der Waals surface area (Å²) in [7, 11) is 0. The van der Waals surface area contributed by atoms with Gasteiger partial charge in [0.2, 0.25) is 5.82 Å². The average molecular weight is 446 g/mol. The Morgan fingerprint density at radius 2 is 1.84 bits per heavy atom. The number of carbonyl (C=O) groups is 1. The number of alkyl halides is 3. The second-order valence-corrected chi connectivity index (χ2v) is 7.46. The van der Waals surface area contributed by atoms with Crippen molar-refractivity contribution in [1.82, 2.24) is 24.8 Å². The second-order valence-electron chi connectivity index (χ2n) is 7.46. The number of ether oxygens (including phenoxy) is 2. The van der Waals surface area contributed by atoms with Gasteiger partial charge in [-0.2, -0.15) is 13.2 Å². The van der Waals surface area contributed by atoms with Crippen molar-refractivity contribution < 1.29 is 27.4 Å². The first kappa shape index (κ1) is 20.5. The van der Waals surface area contributed by atoms with E-state index in [4.69, 9.17) is 15.2 Å². The molecule has 0 saturated carbocycles. The van der Waals surface area contributed by atoms with Crippen molar-refractivity contribution in [3.05, 3.63) is 52.9 Å². The van der Waals surface area contributed by atoms with E-state index in [2.05, 4.69) is 19.9 Å². The van der Waals surface area contributed by atoms with Crippen LogP contribution in [0.5, 0.6) is 0 Å². The van der Waals surface area contributed by atoms with E-state index in [-0.39, 0.29) is 24.8 Å². The molecule has 2 N–H and O–H groups in total. The highest BCUT2D eigenvalue weighted by Crippen LogP contribution is 2.32. The highest BCUT2D eigenvalue weighted by molar-refractivity contribution is 5.97. The molecule has 1 amide bonds. The summed E-state index contributed by atoms with van der Waals surface area (Å²) in [6.45, 7) is 1.36. The van der Waals surface area contributed by atoms with Crippen LogP contribution in [0.3, 0.4) is 0 Å². The van der Waals surface area contributed by atoms with E-state index >= 15 is 0 Å². The zero-order chi connectivity index (χ0) is 22.5. The van der Waals surface area contributed by atoms with Gasteiger partial charge in [-0.1, -0.05) is 0 Å². The van der Waals surface area contributed by atoms with Crippen LogP contribution in [0, 0.1) is 0 Å². The number of pyridine rings is 2. The minimum absolute atomic E-state index is 0.107. The van der Waals surface area contributed by atoms with Crippen LogP contribution in [-0.4, -0.2) is 50.5 Å². The van der Waals surface area contributed by atoms with Crippen molar-refractivity contribution in [2.45, 2.75) is 25.4 Å². The van der Waals surface area contributed by atoms with Gasteiger partial charge in [0.1, 0.15) is 11.5 Å². The number of anilines is 1. The molecule has 3 aromatic rings. The molecule has 5 rings (SSSR count). The minimum atomic E-state index is -4.65. The lowest BCUT2D eigenvalue weighted by Gasteiger charge is -2.35. The van der Waals surface area contributed by atoms with Gasteiger partial charge in [0.05, 0.1) is 44.2 Å². The van der Waals surface area contributed by atoms with Gasteiger partial charge in [-0.3, -0.25) is 4.79 Å². The van der Waals surface area contributed by atoms with E-state index in [0.717, 1.165) is 28.9 Å². The third-order valence-corrected chi connectivity index (χ3v) is 5.53. The van der Waals surface area contributed by atoms with Crippen LogP contribution in [0.2, 0.25) is 0 Å². The number of aromatic nitrogens is 4. The van der Waals surface area contributed by atoms with Crippen molar-refractivity contribution in [3.8, 4) is 0 Å². The van der Waals surface area contributed by atoms with Gasteiger partial charge in [-0.25, -0.2) is 19.9 Å². The highest BCUT2D eigenvalue weighted by atomic mass is 19.4. The summed E-state index contributed by atoms with van der Waals surface area (Å²) in [5.74, 6) is -1.25. The van der Waals surface area contributed by atoms with Crippen molar-refractivity contribution >= 4 is 22.6 Å². The number of morpholine rings is 1. The zero-order valence-electron chi connectivity index (χ0n) is 16.6. The molecule has 0 aliphatic carbocycles. The Labute approximate surface area is 179 Å². The van der Waals surface area contributed by atoms with Crippen LogP contribution in [0.1, 0.15) is 39.0 Å². The van der Waals surface area contributed by atoms with Crippen molar-refractivity contribution in [2.24, 2.45) is 0 Å². The number of nitrogen functional groups attached to an aromatic ring is 1. The lowest BCUT2D eigenvalue weighted by atomic mass is 10.0. The van der Waals surface area contributed by atoms with Gasteiger partial charge in [0.15, 0.2) is 0 Å². The normalized spacial score (nSPS) is 18.7. The van der Waals surface area contributed by atoms with Crippen molar-refractivity contribution in [2.75, 3.05) is 25.5 Å². The van der Waals surface area contributed by atoms with Crippen molar-refractivity contribution in [3.63, 3.8) is 0 Å². The molecule has 32 heavy (non-hydrogen) atoms. The maximum Gasteiger partial charge on any atom is 0.451 e. The number of halogens is 3. The molecule has 1 fully saturated rings. The molecule has 0 unspecified atom stereocenters. The summed E-state index contributed by atoms with van der Waals surface area (Å²) in [6, 6.07) is 1.00. The molecule has 0 bridgehead atoms. The Bertz CT molecular complexity index is 1200. The summed E-state index contributed by atoms with van der Waals surface area (Å²) >= 11 is 0.